The lowest BCUT2D eigenvalue weighted by Gasteiger charge is -2.46. The molecule has 1 fully saturated rings. The number of nitrogens with zero attached hydrogens (tertiary/aromatic N) is 1. The molecule has 0 spiro atoms. The molecule has 1 aliphatic heterocycles. The third kappa shape index (κ3) is 3.75. The molecule has 118 valence electrons. The van der Waals surface area contributed by atoms with Crippen LogP contribution in [0.25, 0.3) is 0 Å². The van der Waals surface area contributed by atoms with Crippen LogP contribution in [0.1, 0.15) is 32.4 Å². The molecule has 1 atom stereocenters. The quantitative estimate of drug-likeness (QED) is 0.903. The highest BCUT2D eigenvalue weighted by Gasteiger charge is 2.37. The molecule has 3 nitrogen and oxygen atoms in total. The molecule has 0 bridgehead atoms. The van der Waals surface area contributed by atoms with Crippen LogP contribution in [0.5, 0.6) is 0 Å². The first-order valence-electron chi connectivity index (χ1n) is 7.48. The summed E-state index contributed by atoms with van der Waals surface area (Å²) in [4.78, 5) is 2.38. The molecule has 1 N–H and O–H groups in total. The van der Waals surface area contributed by atoms with Gasteiger partial charge in [0.25, 0.3) is 0 Å². The fourth-order valence-corrected chi connectivity index (χ4v) is 3.23. The predicted octanol–water partition coefficient (Wildman–Crippen LogP) is 3.24. The summed E-state index contributed by atoms with van der Waals surface area (Å²) in [5.41, 5.74) is 0.632. The van der Waals surface area contributed by atoms with Gasteiger partial charge >= 0.3 is 0 Å². The van der Waals surface area contributed by atoms with Crippen LogP contribution in [0.15, 0.2) is 18.2 Å². The van der Waals surface area contributed by atoms with E-state index in [0.717, 1.165) is 38.4 Å². The highest BCUT2D eigenvalue weighted by molar-refractivity contribution is 6.31. The monoisotopic (exact) mass is 314 g/mol. The third-order valence-electron chi connectivity index (χ3n) is 4.21. The highest BCUT2D eigenvalue weighted by atomic mass is 35.5. The summed E-state index contributed by atoms with van der Waals surface area (Å²) in [5, 5.41) is 4.07. The van der Waals surface area contributed by atoms with E-state index in [1.807, 2.05) is 0 Å². The van der Waals surface area contributed by atoms with Crippen molar-refractivity contribution in [2.24, 2.45) is 0 Å². The van der Waals surface area contributed by atoms with Gasteiger partial charge in [0.05, 0.1) is 19.3 Å². The number of hydrogen-bond donors (Lipinski definition) is 1. The van der Waals surface area contributed by atoms with Crippen LogP contribution >= 0.6 is 11.6 Å². The minimum atomic E-state index is -0.255. The summed E-state index contributed by atoms with van der Waals surface area (Å²) in [6.45, 7) is 10.4. The van der Waals surface area contributed by atoms with Crippen molar-refractivity contribution in [2.45, 2.75) is 32.4 Å². The van der Waals surface area contributed by atoms with Gasteiger partial charge < -0.3 is 10.1 Å². The Bertz CT molecular complexity index is 475. The Kier molecular flexibility index (Phi) is 5.60. The zero-order valence-corrected chi connectivity index (χ0v) is 13.7. The van der Waals surface area contributed by atoms with Crippen molar-refractivity contribution >= 4 is 11.6 Å². The lowest BCUT2D eigenvalue weighted by atomic mass is 9.86. The molecule has 5 heteroatoms. The second kappa shape index (κ2) is 7.05. The average molecular weight is 315 g/mol. The Morgan fingerprint density at radius 2 is 2.05 bits per heavy atom. The van der Waals surface area contributed by atoms with Gasteiger partial charge in [-0.3, -0.25) is 4.90 Å². The second-order valence-corrected chi connectivity index (χ2v) is 6.32. The van der Waals surface area contributed by atoms with Gasteiger partial charge in [-0.25, -0.2) is 4.39 Å². The Morgan fingerprint density at radius 3 is 2.67 bits per heavy atom. The zero-order chi connectivity index (χ0) is 15.5. The Labute approximate surface area is 131 Å². The maximum absolute atomic E-state index is 13.7. The minimum Gasteiger partial charge on any atom is -0.379 e. The number of nitrogens with one attached hydrogen (secondary N) is 1. The summed E-state index contributed by atoms with van der Waals surface area (Å²) in [5.74, 6) is -0.255. The number of likely N-dealkylation sites (N-methyl/N-ethyl adjacent to an activating group) is 1. The molecule has 1 saturated heterocycles. The van der Waals surface area contributed by atoms with Crippen molar-refractivity contribution in [1.82, 2.24) is 10.2 Å². The number of benzene rings is 1. The molecule has 0 aromatic heterocycles. The molecule has 21 heavy (non-hydrogen) atoms. The van der Waals surface area contributed by atoms with Gasteiger partial charge in [-0.1, -0.05) is 18.5 Å². The molecule has 0 saturated carbocycles. The van der Waals surface area contributed by atoms with Crippen molar-refractivity contribution < 1.29 is 9.13 Å². The summed E-state index contributed by atoms with van der Waals surface area (Å²) in [7, 11) is 0. The van der Waals surface area contributed by atoms with E-state index in [4.69, 9.17) is 16.3 Å². The average Bonchev–Trinajstić information content (AvgIpc) is 2.48. The topological polar surface area (TPSA) is 24.5 Å². The number of morpholine rings is 1. The normalized spacial score (nSPS) is 18.7. The lowest BCUT2D eigenvalue weighted by molar-refractivity contribution is -0.0236. The number of rotatable bonds is 5. The second-order valence-electron chi connectivity index (χ2n) is 5.91. The fourth-order valence-electron chi connectivity index (χ4n) is 3.00. The molecule has 0 amide bonds. The molecule has 0 aliphatic carbocycles. The molecule has 1 aromatic rings. The van der Waals surface area contributed by atoms with Gasteiger partial charge in [0.15, 0.2) is 0 Å². The Hall–Kier alpha value is -0.680. The third-order valence-corrected chi connectivity index (χ3v) is 4.55. The van der Waals surface area contributed by atoms with Crippen molar-refractivity contribution in [2.75, 3.05) is 32.8 Å². The van der Waals surface area contributed by atoms with Gasteiger partial charge in [-0.05, 0) is 44.2 Å². The van der Waals surface area contributed by atoms with Crippen LogP contribution in [0.4, 0.5) is 4.39 Å². The van der Waals surface area contributed by atoms with Gasteiger partial charge in [-0.2, -0.15) is 0 Å². The lowest BCUT2D eigenvalue weighted by Crippen LogP contribution is -2.56. The van der Waals surface area contributed by atoms with Crippen molar-refractivity contribution in [3.05, 3.63) is 34.6 Å². The summed E-state index contributed by atoms with van der Waals surface area (Å²) in [6, 6.07) is 4.53. The molecule has 2 rings (SSSR count). The number of halogens is 2. The first-order chi connectivity index (χ1) is 9.96. The first-order valence-corrected chi connectivity index (χ1v) is 7.85. The van der Waals surface area contributed by atoms with E-state index in [-0.39, 0.29) is 17.4 Å². The van der Waals surface area contributed by atoms with E-state index in [1.54, 1.807) is 6.07 Å². The maximum atomic E-state index is 13.7. The van der Waals surface area contributed by atoms with E-state index >= 15 is 0 Å². The maximum Gasteiger partial charge on any atom is 0.123 e. The van der Waals surface area contributed by atoms with E-state index in [9.17, 15) is 4.39 Å². The van der Waals surface area contributed by atoms with Gasteiger partial charge in [0.2, 0.25) is 0 Å². The highest BCUT2D eigenvalue weighted by Crippen LogP contribution is 2.35. The molecule has 1 heterocycles. The van der Waals surface area contributed by atoms with Gasteiger partial charge in [0, 0.05) is 23.7 Å². The minimum absolute atomic E-state index is 0.0381. The Morgan fingerprint density at radius 1 is 1.38 bits per heavy atom. The van der Waals surface area contributed by atoms with Crippen LogP contribution in [-0.4, -0.2) is 43.3 Å². The van der Waals surface area contributed by atoms with E-state index in [2.05, 4.69) is 31.0 Å². The molecule has 0 radical (unpaired) electrons. The summed E-state index contributed by atoms with van der Waals surface area (Å²) < 4.78 is 19.1. The van der Waals surface area contributed by atoms with Crippen molar-refractivity contribution in [3.63, 3.8) is 0 Å². The van der Waals surface area contributed by atoms with Crippen molar-refractivity contribution in [1.29, 1.82) is 0 Å². The van der Waals surface area contributed by atoms with Gasteiger partial charge in [0.1, 0.15) is 5.82 Å². The molecule has 1 unspecified atom stereocenters. The summed E-state index contributed by atoms with van der Waals surface area (Å²) >= 11 is 6.32. The van der Waals surface area contributed by atoms with Crippen LogP contribution in [0, 0.1) is 5.82 Å². The van der Waals surface area contributed by atoms with E-state index in [1.165, 1.54) is 12.1 Å². The zero-order valence-electron chi connectivity index (χ0n) is 13.0. The van der Waals surface area contributed by atoms with Crippen LogP contribution in [0.2, 0.25) is 5.02 Å². The SMILES string of the molecule is CCNC(c1cc(F)ccc1Cl)C(C)(C)N1CCOCC1. The fraction of sp³-hybridized carbons (Fsp3) is 0.625. The van der Waals surface area contributed by atoms with Crippen LogP contribution < -0.4 is 5.32 Å². The van der Waals surface area contributed by atoms with Gasteiger partial charge in [-0.15, -0.1) is 0 Å². The molecular formula is C16H24ClFN2O. The van der Waals surface area contributed by atoms with E-state index < -0.39 is 0 Å². The standard InChI is InChI=1S/C16H24ClFN2O/c1-4-19-15(13-11-12(18)5-6-14(13)17)16(2,3)20-7-9-21-10-8-20/h5-6,11,15,19H,4,7-10H2,1-3H3. The van der Waals surface area contributed by atoms with E-state index in [0.29, 0.717) is 5.02 Å². The summed E-state index contributed by atoms with van der Waals surface area (Å²) in [6.07, 6.45) is 0. The predicted molar refractivity (Wildman–Crippen MR) is 84.3 cm³/mol. The first kappa shape index (κ1) is 16.7. The largest absolute Gasteiger partial charge is 0.379 e. The van der Waals surface area contributed by atoms with Crippen LogP contribution in [-0.2, 0) is 4.74 Å². The number of ether oxygens (including phenoxy) is 1. The smallest absolute Gasteiger partial charge is 0.123 e. The molecular weight excluding hydrogens is 291 g/mol. The van der Waals surface area contributed by atoms with Crippen molar-refractivity contribution in [3.8, 4) is 0 Å². The molecule has 1 aliphatic rings. The Balaban J connectivity index is 2.34. The molecule has 1 aromatic carbocycles. The van der Waals surface area contributed by atoms with Crippen LogP contribution in [0.3, 0.4) is 0 Å². The number of hydrogen-bond acceptors (Lipinski definition) is 3.